The van der Waals surface area contributed by atoms with Gasteiger partial charge in [0.05, 0.1) is 16.7 Å². The molecule has 1 aliphatic heterocycles. The van der Waals surface area contributed by atoms with Crippen molar-refractivity contribution in [2.45, 2.75) is 44.9 Å². The van der Waals surface area contributed by atoms with E-state index < -0.39 is 17.2 Å². The third-order valence-corrected chi connectivity index (χ3v) is 2.98. The van der Waals surface area contributed by atoms with Crippen LogP contribution in [-0.4, -0.2) is 40.5 Å². The fourth-order valence-electron chi connectivity index (χ4n) is 2.20. The minimum Gasteiger partial charge on any atom is -0.374 e. The molecule has 0 aromatic heterocycles. The zero-order valence-corrected chi connectivity index (χ0v) is 10.5. The van der Waals surface area contributed by atoms with Gasteiger partial charge in [0.1, 0.15) is 12.0 Å². The Labute approximate surface area is 96.3 Å². The molecule has 1 fully saturated rings. The zero-order chi connectivity index (χ0) is 11.1. The van der Waals surface area contributed by atoms with Gasteiger partial charge in [-0.25, -0.2) is 4.79 Å². The Hall–Kier alpha value is -0.380. The average Bonchev–Trinajstić information content (AvgIpc) is 2.22. The highest BCUT2D eigenvalue weighted by atomic mass is 35.5. The molecule has 1 N–H and O–H groups in total. The molecule has 1 aliphatic rings. The molecule has 1 heterocycles. The van der Waals surface area contributed by atoms with E-state index in [0.29, 0.717) is 5.57 Å². The Morgan fingerprint density at radius 2 is 1.87 bits per heavy atom. The molecule has 0 aromatic carbocycles. The SMILES string of the molecule is COC1C(=C=O)C(C)(C)N(O)C1(C)C.Cl. The van der Waals surface area contributed by atoms with Crippen LogP contribution >= 0.6 is 12.4 Å². The molecule has 0 amide bonds. The standard InChI is InChI=1S/C10H17NO3.ClH/c1-9(2)7(6-12)8(14-5)10(3,4)11(9)13;/h8,13H,1-5H3;1H. The monoisotopic (exact) mass is 235 g/mol. The van der Waals surface area contributed by atoms with Crippen LogP contribution in [0.15, 0.2) is 5.57 Å². The molecule has 0 bridgehead atoms. The predicted molar refractivity (Wildman–Crippen MR) is 59.0 cm³/mol. The van der Waals surface area contributed by atoms with Crippen molar-refractivity contribution in [2.24, 2.45) is 0 Å². The molecule has 1 rings (SSSR count). The topological polar surface area (TPSA) is 49.8 Å². The Morgan fingerprint density at radius 1 is 1.40 bits per heavy atom. The van der Waals surface area contributed by atoms with Gasteiger partial charge in [-0.05, 0) is 27.7 Å². The number of ether oxygens (including phenoxy) is 1. The van der Waals surface area contributed by atoms with Crippen LogP contribution in [-0.2, 0) is 9.53 Å². The molecule has 15 heavy (non-hydrogen) atoms. The van der Waals surface area contributed by atoms with Gasteiger partial charge in [-0.15, -0.1) is 12.4 Å². The van der Waals surface area contributed by atoms with Crippen LogP contribution in [0.4, 0.5) is 0 Å². The fraction of sp³-hybridized carbons (Fsp3) is 0.800. The molecule has 0 aliphatic carbocycles. The van der Waals surface area contributed by atoms with E-state index in [0.717, 1.165) is 5.06 Å². The number of hydrogen-bond acceptors (Lipinski definition) is 4. The number of hydrogen-bond donors (Lipinski definition) is 1. The first kappa shape index (κ1) is 14.6. The van der Waals surface area contributed by atoms with Gasteiger partial charge in [-0.3, -0.25) is 0 Å². The number of halogens is 1. The molecule has 1 saturated heterocycles. The molecule has 88 valence electrons. The summed E-state index contributed by atoms with van der Waals surface area (Å²) in [5, 5.41) is 11.1. The van der Waals surface area contributed by atoms with Crippen LogP contribution in [0.2, 0.25) is 0 Å². The number of rotatable bonds is 1. The Balaban J connectivity index is 0.00000196. The van der Waals surface area contributed by atoms with Crippen LogP contribution in [0.5, 0.6) is 0 Å². The summed E-state index contributed by atoms with van der Waals surface area (Å²) in [6, 6.07) is 0. The van der Waals surface area contributed by atoms with Crippen LogP contribution < -0.4 is 0 Å². The molecule has 0 aromatic rings. The number of hydroxylamine groups is 2. The molecule has 1 atom stereocenters. The Kier molecular flexibility index (Phi) is 4.13. The van der Waals surface area contributed by atoms with E-state index in [1.807, 2.05) is 19.8 Å². The predicted octanol–water partition coefficient (Wildman–Crippen LogP) is 1.44. The van der Waals surface area contributed by atoms with E-state index in [2.05, 4.69) is 0 Å². The van der Waals surface area contributed by atoms with Gasteiger partial charge in [0.25, 0.3) is 0 Å². The maximum absolute atomic E-state index is 10.8. The van der Waals surface area contributed by atoms with Gasteiger partial charge in [0.15, 0.2) is 0 Å². The lowest BCUT2D eigenvalue weighted by atomic mass is 9.92. The molecule has 4 nitrogen and oxygen atoms in total. The summed E-state index contributed by atoms with van der Waals surface area (Å²) in [6.45, 7) is 7.20. The first-order chi connectivity index (χ1) is 6.30. The molecule has 5 heteroatoms. The van der Waals surface area contributed by atoms with Crippen LogP contribution in [0.3, 0.4) is 0 Å². The first-order valence-electron chi connectivity index (χ1n) is 4.57. The van der Waals surface area contributed by atoms with Gasteiger partial charge in [-0.1, -0.05) is 0 Å². The van der Waals surface area contributed by atoms with Gasteiger partial charge in [-0.2, -0.15) is 5.06 Å². The summed E-state index contributed by atoms with van der Waals surface area (Å²) >= 11 is 0. The van der Waals surface area contributed by atoms with Crippen molar-refractivity contribution in [3.05, 3.63) is 5.57 Å². The highest BCUT2D eigenvalue weighted by Crippen LogP contribution is 2.43. The van der Waals surface area contributed by atoms with Crippen molar-refractivity contribution in [2.75, 3.05) is 7.11 Å². The van der Waals surface area contributed by atoms with E-state index in [1.54, 1.807) is 13.8 Å². The lowest BCUT2D eigenvalue weighted by molar-refractivity contribution is -0.201. The minimum absolute atomic E-state index is 0. The average molecular weight is 236 g/mol. The van der Waals surface area contributed by atoms with Gasteiger partial charge in [0, 0.05) is 7.11 Å². The summed E-state index contributed by atoms with van der Waals surface area (Å²) in [7, 11) is 1.53. The van der Waals surface area contributed by atoms with Crippen LogP contribution in [0.25, 0.3) is 0 Å². The number of methoxy groups -OCH3 is 1. The summed E-state index contributed by atoms with van der Waals surface area (Å²) in [6.07, 6.45) is -0.417. The van der Waals surface area contributed by atoms with Gasteiger partial charge >= 0.3 is 0 Å². The second kappa shape index (κ2) is 4.24. The maximum atomic E-state index is 10.8. The minimum atomic E-state index is -0.716. The molecule has 0 saturated carbocycles. The van der Waals surface area contributed by atoms with E-state index >= 15 is 0 Å². The van der Waals surface area contributed by atoms with Crippen LogP contribution in [0, 0.1) is 0 Å². The molecule has 1 unspecified atom stereocenters. The third-order valence-electron chi connectivity index (χ3n) is 2.98. The van der Waals surface area contributed by atoms with Crippen molar-refractivity contribution in [3.63, 3.8) is 0 Å². The van der Waals surface area contributed by atoms with Crippen molar-refractivity contribution in [1.82, 2.24) is 5.06 Å². The molecule has 0 spiro atoms. The van der Waals surface area contributed by atoms with Crippen LogP contribution in [0.1, 0.15) is 27.7 Å². The lowest BCUT2D eigenvalue weighted by Gasteiger charge is -2.34. The van der Waals surface area contributed by atoms with E-state index in [-0.39, 0.29) is 12.4 Å². The first-order valence-corrected chi connectivity index (χ1v) is 4.57. The summed E-state index contributed by atoms with van der Waals surface area (Å²) in [4.78, 5) is 10.8. The molecular formula is C10H18ClNO3. The zero-order valence-electron chi connectivity index (χ0n) is 9.70. The van der Waals surface area contributed by atoms with Crippen molar-refractivity contribution in [3.8, 4) is 0 Å². The maximum Gasteiger partial charge on any atom is 0.128 e. The molecular weight excluding hydrogens is 218 g/mol. The largest absolute Gasteiger partial charge is 0.374 e. The van der Waals surface area contributed by atoms with Crippen molar-refractivity contribution >= 4 is 18.3 Å². The highest BCUT2D eigenvalue weighted by Gasteiger charge is 2.56. The fourth-order valence-corrected chi connectivity index (χ4v) is 2.20. The van der Waals surface area contributed by atoms with E-state index in [1.165, 1.54) is 7.11 Å². The normalized spacial score (nSPS) is 28.4. The number of carbonyl (C=O) groups excluding carboxylic acids is 1. The number of nitrogens with zero attached hydrogens (tertiary/aromatic N) is 1. The summed E-state index contributed by atoms with van der Waals surface area (Å²) < 4.78 is 5.23. The third kappa shape index (κ3) is 1.84. The lowest BCUT2D eigenvalue weighted by Crippen LogP contribution is -2.48. The second-order valence-electron chi connectivity index (χ2n) is 4.66. The van der Waals surface area contributed by atoms with Crippen molar-refractivity contribution in [1.29, 1.82) is 0 Å². The van der Waals surface area contributed by atoms with E-state index in [9.17, 15) is 10.0 Å². The highest BCUT2D eigenvalue weighted by molar-refractivity contribution is 5.85. The van der Waals surface area contributed by atoms with Crippen molar-refractivity contribution < 1.29 is 14.7 Å². The molecule has 0 radical (unpaired) electrons. The van der Waals surface area contributed by atoms with Gasteiger partial charge < -0.3 is 9.94 Å². The summed E-state index contributed by atoms with van der Waals surface area (Å²) in [5.41, 5.74) is -0.871. The Morgan fingerprint density at radius 3 is 2.13 bits per heavy atom. The second-order valence-corrected chi connectivity index (χ2v) is 4.66. The van der Waals surface area contributed by atoms with E-state index in [4.69, 9.17) is 4.74 Å². The quantitative estimate of drug-likeness (QED) is 0.699. The Bertz CT molecular complexity index is 295. The summed E-state index contributed by atoms with van der Waals surface area (Å²) in [5.74, 6) is 1.88. The smallest absolute Gasteiger partial charge is 0.128 e. The van der Waals surface area contributed by atoms with Gasteiger partial charge in [0.2, 0.25) is 0 Å².